The lowest BCUT2D eigenvalue weighted by Gasteiger charge is -2.29. The van der Waals surface area contributed by atoms with E-state index in [9.17, 15) is 14.0 Å². The van der Waals surface area contributed by atoms with Crippen LogP contribution in [0.4, 0.5) is 10.1 Å². The van der Waals surface area contributed by atoms with Gasteiger partial charge in [0, 0.05) is 11.8 Å². The normalized spacial score (nSPS) is 12.9. The van der Waals surface area contributed by atoms with Crippen LogP contribution in [0.2, 0.25) is 0 Å². The molecule has 146 valence electrons. The number of carbonyl (C=O) groups excluding carboxylic acids is 2. The Labute approximate surface area is 166 Å². The molecule has 0 radical (unpaired) electrons. The van der Waals surface area contributed by atoms with Crippen LogP contribution in [-0.2, 0) is 17.9 Å². The van der Waals surface area contributed by atoms with Crippen LogP contribution in [0.15, 0.2) is 66.9 Å². The molecule has 7 heteroatoms. The molecule has 0 fully saturated rings. The Kier molecular flexibility index (Phi) is 5.20. The van der Waals surface area contributed by atoms with Gasteiger partial charge in [-0.1, -0.05) is 18.2 Å². The van der Waals surface area contributed by atoms with Gasteiger partial charge in [-0.25, -0.2) is 4.39 Å². The van der Waals surface area contributed by atoms with Crippen molar-refractivity contribution in [2.45, 2.75) is 13.1 Å². The molecule has 1 aliphatic rings. The van der Waals surface area contributed by atoms with Gasteiger partial charge in [-0.2, -0.15) is 0 Å². The number of hydrogen-bond donors (Lipinski definition) is 1. The van der Waals surface area contributed by atoms with Gasteiger partial charge in [0.05, 0.1) is 24.5 Å². The zero-order valence-electron chi connectivity index (χ0n) is 15.5. The van der Waals surface area contributed by atoms with E-state index in [2.05, 4.69) is 10.3 Å². The lowest BCUT2D eigenvalue weighted by Crippen LogP contribution is -2.38. The number of carbonyl (C=O) groups is 2. The molecule has 1 aliphatic heterocycles. The molecule has 2 aromatic carbocycles. The fourth-order valence-electron chi connectivity index (χ4n) is 3.06. The Morgan fingerprint density at radius 2 is 1.97 bits per heavy atom. The van der Waals surface area contributed by atoms with Gasteiger partial charge in [0.25, 0.3) is 11.8 Å². The van der Waals surface area contributed by atoms with Gasteiger partial charge in [0.1, 0.15) is 11.6 Å². The van der Waals surface area contributed by atoms with Gasteiger partial charge < -0.3 is 15.0 Å². The Bertz CT molecular complexity index is 1040. The first-order chi connectivity index (χ1) is 14.1. The Morgan fingerprint density at radius 3 is 2.72 bits per heavy atom. The summed E-state index contributed by atoms with van der Waals surface area (Å²) in [5.41, 5.74) is 2.44. The Balaban J connectivity index is 1.55. The molecule has 3 aromatic rings. The highest BCUT2D eigenvalue weighted by atomic mass is 19.1. The van der Waals surface area contributed by atoms with Gasteiger partial charge in [0.15, 0.2) is 6.61 Å². The topological polar surface area (TPSA) is 71.5 Å². The maximum Gasteiger partial charge on any atom is 0.265 e. The van der Waals surface area contributed by atoms with Gasteiger partial charge >= 0.3 is 0 Å². The molecule has 4 rings (SSSR count). The van der Waals surface area contributed by atoms with Gasteiger partial charge in [0.2, 0.25) is 0 Å². The number of pyridine rings is 1. The van der Waals surface area contributed by atoms with E-state index < -0.39 is 0 Å². The molecule has 0 saturated heterocycles. The van der Waals surface area contributed by atoms with E-state index in [-0.39, 0.29) is 30.8 Å². The summed E-state index contributed by atoms with van der Waals surface area (Å²) in [6.07, 6.45) is 1.66. The Hall–Kier alpha value is -3.74. The van der Waals surface area contributed by atoms with Crippen LogP contribution in [0.25, 0.3) is 0 Å². The van der Waals surface area contributed by atoms with Crippen molar-refractivity contribution in [3.8, 4) is 5.75 Å². The second kappa shape index (κ2) is 8.10. The molecule has 29 heavy (non-hydrogen) atoms. The van der Waals surface area contributed by atoms with E-state index >= 15 is 0 Å². The second-order valence-corrected chi connectivity index (χ2v) is 6.58. The smallest absolute Gasteiger partial charge is 0.265 e. The molecule has 2 amide bonds. The number of halogens is 1. The average Bonchev–Trinajstić information content (AvgIpc) is 2.76. The largest absolute Gasteiger partial charge is 0.482 e. The summed E-state index contributed by atoms with van der Waals surface area (Å²) in [5.74, 6) is -0.326. The van der Waals surface area contributed by atoms with Crippen LogP contribution >= 0.6 is 0 Å². The summed E-state index contributed by atoms with van der Waals surface area (Å²) in [6.45, 7) is 0.472. The maximum absolute atomic E-state index is 13.2. The number of fused-ring (bicyclic) bond motifs is 1. The van der Waals surface area contributed by atoms with Crippen LogP contribution in [0.1, 0.15) is 21.6 Å². The van der Waals surface area contributed by atoms with E-state index in [1.807, 2.05) is 18.2 Å². The standard InChI is InChI=1S/C22H18FN3O3/c23-17-7-4-15(5-8-17)13-26-19-11-16(6-9-20(19)29-14-21(26)27)22(28)25-12-18-3-1-2-10-24-18/h1-11H,12-14H2,(H,25,28). The van der Waals surface area contributed by atoms with Gasteiger partial charge in [-0.15, -0.1) is 0 Å². The van der Waals surface area contributed by atoms with Crippen molar-refractivity contribution in [2.75, 3.05) is 11.5 Å². The van der Waals surface area contributed by atoms with Gasteiger partial charge in [-0.3, -0.25) is 14.6 Å². The highest BCUT2D eigenvalue weighted by Crippen LogP contribution is 2.34. The molecule has 2 heterocycles. The third-order valence-corrected chi connectivity index (χ3v) is 4.57. The Morgan fingerprint density at radius 1 is 1.14 bits per heavy atom. The number of anilines is 1. The van der Waals surface area contributed by atoms with Gasteiger partial charge in [-0.05, 0) is 48.0 Å². The fraction of sp³-hybridized carbons (Fsp3) is 0.136. The minimum atomic E-state index is -0.339. The third-order valence-electron chi connectivity index (χ3n) is 4.57. The maximum atomic E-state index is 13.2. The van der Waals surface area contributed by atoms with E-state index in [1.165, 1.54) is 12.1 Å². The van der Waals surface area contributed by atoms with Crippen LogP contribution in [-0.4, -0.2) is 23.4 Å². The van der Waals surface area contributed by atoms with E-state index in [4.69, 9.17) is 4.74 Å². The van der Waals surface area contributed by atoms with Crippen LogP contribution < -0.4 is 15.0 Å². The highest BCUT2D eigenvalue weighted by molar-refractivity contribution is 6.01. The predicted molar refractivity (Wildman–Crippen MR) is 105 cm³/mol. The van der Waals surface area contributed by atoms with Crippen molar-refractivity contribution in [3.05, 3.63) is 89.5 Å². The molecule has 6 nitrogen and oxygen atoms in total. The number of aromatic nitrogens is 1. The summed E-state index contributed by atoms with van der Waals surface area (Å²) < 4.78 is 18.7. The zero-order chi connectivity index (χ0) is 20.2. The number of benzene rings is 2. The number of amides is 2. The third kappa shape index (κ3) is 4.24. The quantitative estimate of drug-likeness (QED) is 0.726. The summed E-state index contributed by atoms with van der Waals surface area (Å²) in [7, 11) is 0. The van der Waals surface area contributed by atoms with Crippen LogP contribution in [0, 0.1) is 5.82 Å². The summed E-state index contributed by atoms with van der Waals surface area (Å²) in [4.78, 5) is 30.7. The van der Waals surface area contributed by atoms with Crippen molar-refractivity contribution in [1.82, 2.24) is 10.3 Å². The molecule has 1 N–H and O–H groups in total. The minimum Gasteiger partial charge on any atom is -0.482 e. The predicted octanol–water partition coefficient (Wildman–Crippen LogP) is 3.08. The average molecular weight is 391 g/mol. The molecule has 0 bridgehead atoms. The van der Waals surface area contributed by atoms with Crippen molar-refractivity contribution < 1.29 is 18.7 Å². The summed E-state index contributed by atoms with van der Waals surface area (Å²) in [5, 5.41) is 2.82. The number of nitrogens with zero attached hydrogens (tertiary/aromatic N) is 2. The monoisotopic (exact) mass is 391 g/mol. The molecule has 0 unspecified atom stereocenters. The molecule has 1 aromatic heterocycles. The fourth-order valence-corrected chi connectivity index (χ4v) is 3.06. The first-order valence-corrected chi connectivity index (χ1v) is 9.10. The number of hydrogen-bond acceptors (Lipinski definition) is 4. The van der Waals surface area contributed by atoms with Crippen molar-refractivity contribution in [2.24, 2.45) is 0 Å². The number of ether oxygens (including phenoxy) is 1. The zero-order valence-corrected chi connectivity index (χ0v) is 15.5. The summed E-state index contributed by atoms with van der Waals surface area (Å²) >= 11 is 0. The molecule has 0 aliphatic carbocycles. The van der Waals surface area contributed by atoms with Crippen molar-refractivity contribution >= 4 is 17.5 Å². The number of nitrogens with one attached hydrogen (secondary N) is 1. The van der Waals surface area contributed by atoms with E-state index in [1.54, 1.807) is 41.4 Å². The lowest BCUT2D eigenvalue weighted by atomic mass is 10.1. The number of rotatable bonds is 5. The lowest BCUT2D eigenvalue weighted by molar-refractivity contribution is -0.121. The molecular weight excluding hydrogens is 373 g/mol. The first-order valence-electron chi connectivity index (χ1n) is 9.10. The molecule has 0 atom stereocenters. The van der Waals surface area contributed by atoms with E-state index in [0.717, 1.165) is 11.3 Å². The highest BCUT2D eigenvalue weighted by Gasteiger charge is 2.26. The minimum absolute atomic E-state index is 0.0839. The molecular formula is C22H18FN3O3. The second-order valence-electron chi connectivity index (χ2n) is 6.58. The van der Waals surface area contributed by atoms with Crippen LogP contribution in [0.5, 0.6) is 5.75 Å². The molecule has 0 spiro atoms. The van der Waals surface area contributed by atoms with Crippen molar-refractivity contribution in [3.63, 3.8) is 0 Å². The molecule has 0 saturated carbocycles. The summed E-state index contributed by atoms with van der Waals surface area (Å²) in [6, 6.07) is 16.4. The first kappa shape index (κ1) is 18.6. The van der Waals surface area contributed by atoms with Crippen LogP contribution in [0.3, 0.4) is 0 Å². The van der Waals surface area contributed by atoms with E-state index in [0.29, 0.717) is 23.5 Å². The van der Waals surface area contributed by atoms with Crippen molar-refractivity contribution in [1.29, 1.82) is 0 Å². The SMILES string of the molecule is O=C(NCc1ccccn1)c1ccc2c(c1)N(Cc1ccc(F)cc1)C(=O)CO2.